The summed E-state index contributed by atoms with van der Waals surface area (Å²) in [4.78, 5) is 39.3. The molecule has 4 fully saturated rings. The normalized spacial score (nSPS) is 23.3. The van der Waals surface area contributed by atoms with Crippen LogP contribution < -0.4 is 15.0 Å². The molecule has 4 aliphatic rings. The van der Waals surface area contributed by atoms with Crippen molar-refractivity contribution in [3.63, 3.8) is 0 Å². The van der Waals surface area contributed by atoms with Crippen molar-refractivity contribution in [3.8, 4) is 23.2 Å². The molecule has 1 N–H and O–H groups in total. The first-order chi connectivity index (χ1) is 27.4. The Hall–Kier alpha value is -5.09. The van der Waals surface area contributed by atoms with Gasteiger partial charge in [0.15, 0.2) is 5.82 Å². The number of alkyl halides is 4. The highest BCUT2D eigenvalue weighted by Crippen LogP contribution is 2.49. The Morgan fingerprint density at radius 1 is 1.21 bits per heavy atom. The molecule has 4 atom stereocenters. The minimum atomic E-state index is -5.20. The first kappa shape index (κ1) is 39.7. The van der Waals surface area contributed by atoms with Gasteiger partial charge in [-0.15, -0.1) is 11.3 Å². The van der Waals surface area contributed by atoms with E-state index >= 15 is 22.0 Å². The maximum atomic E-state index is 17.5. The maximum Gasteiger partial charge on any atom is 0.417 e. The fraction of sp³-hybridized carbons (Fsp3) is 0.513. The number of benzene rings is 2. The van der Waals surface area contributed by atoms with Crippen LogP contribution >= 0.6 is 11.3 Å². The van der Waals surface area contributed by atoms with Crippen molar-refractivity contribution in [2.45, 2.75) is 88.9 Å². The van der Waals surface area contributed by atoms with E-state index in [4.69, 9.17) is 14.2 Å². The van der Waals surface area contributed by atoms with Crippen molar-refractivity contribution in [2.75, 3.05) is 49.6 Å². The highest BCUT2D eigenvalue weighted by Gasteiger charge is 2.50. The molecule has 6 heterocycles. The van der Waals surface area contributed by atoms with Gasteiger partial charge in [0.2, 0.25) is 0 Å². The van der Waals surface area contributed by atoms with E-state index in [0.717, 1.165) is 24.6 Å². The summed E-state index contributed by atoms with van der Waals surface area (Å²) in [5, 5.41) is 11.8. The van der Waals surface area contributed by atoms with Crippen molar-refractivity contribution >= 4 is 55.3 Å². The molecule has 0 unspecified atom stereocenters. The summed E-state index contributed by atoms with van der Waals surface area (Å²) in [6.45, 7) is 7.86. The van der Waals surface area contributed by atoms with E-state index in [1.54, 1.807) is 32.6 Å². The van der Waals surface area contributed by atoms with E-state index in [2.05, 4.69) is 15.3 Å². The van der Waals surface area contributed by atoms with Gasteiger partial charge in [-0.1, -0.05) is 6.07 Å². The van der Waals surface area contributed by atoms with Crippen LogP contribution in [0.4, 0.5) is 46.8 Å². The Morgan fingerprint density at radius 3 is 2.67 bits per heavy atom. The van der Waals surface area contributed by atoms with Crippen LogP contribution in [0, 0.1) is 23.0 Å². The van der Waals surface area contributed by atoms with E-state index in [1.807, 2.05) is 11.0 Å². The van der Waals surface area contributed by atoms with Gasteiger partial charge in [-0.2, -0.15) is 28.4 Å². The number of ether oxygens (including phenoxy) is 3. The van der Waals surface area contributed by atoms with Crippen LogP contribution in [-0.2, 0) is 15.7 Å². The van der Waals surface area contributed by atoms with Gasteiger partial charge in [-0.05, 0) is 71.2 Å². The lowest BCUT2D eigenvalue weighted by atomic mass is 9.92. The third-order valence-electron chi connectivity index (χ3n) is 11.3. The number of carbonyl (C=O) groups is 2. The number of anilines is 2. The molecule has 2 aromatic carbocycles. The molecule has 308 valence electrons. The number of nitriles is 1. The van der Waals surface area contributed by atoms with Crippen molar-refractivity contribution in [1.82, 2.24) is 19.8 Å². The number of likely N-dealkylation sites (N-methyl/N-ethyl adjacent to an activating group) is 1. The second-order valence-corrected chi connectivity index (χ2v) is 17.1. The average Bonchev–Trinajstić information content (AvgIpc) is 3.95. The fourth-order valence-electron chi connectivity index (χ4n) is 8.91. The summed E-state index contributed by atoms with van der Waals surface area (Å²) in [5.74, 6) is -2.44. The molecular weight excluding hydrogens is 793 g/mol. The lowest BCUT2D eigenvalue weighted by Crippen LogP contribution is -2.43. The van der Waals surface area contributed by atoms with Gasteiger partial charge in [-0.25, -0.2) is 22.8 Å². The number of hydrogen-bond donors (Lipinski definition) is 1. The van der Waals surface area contributed by atoms with E-state index in [-0.39, 0.29) is 77.6 Å². The van der Waals surface area contributed by atoms with Crippen LogP contribution in [0.25, 0.3) is 32.1 Å². The number of carbonyl (C=O) groups excluding carboxylic acids is 2. The Labute approximate surface area is 332 Å². The van der Waals surface area contributed by atoms with E-state index in [1.165, 1.54) is 4.90 Å². The monoisotopic (exact) mass is 831 g/mol. The zero-order chi connectivity index (χ0) is 41.5. The third kappa shape index (κ3) is 6.87. The van der Waals surface area contributed by atoms with Gasteiger partial charge in [0.25, 0.3) is 0 Å². The van der Waals surface area contributed by atoms with Crippen molar-refractivity contribution in [2.24, 2.45) is 0 Å². The van der Waals surface area contributed by atoms with Gasteiger partial charge in [-0.3, -0.25) is 15.1 Å². The molecule has 12 nitrogen and oxygen atoms in total. The number of hydrogen-bond acceptors (Lipinski definition) is 11. The zero-order valence-electron chi connectivity index (χ0n) is 31.9. The number of cyclic esters (lactones) is 1. The Kier molecular flexibility index (Phi) is 9.81. The third-order valence-corrected chi connectivity index (χ3v) is 12.4. The highest BCUT2D eigenvalue weighted by molar-refractivity contribution is 7.23. The molecule has 2 amide bonds. The zero-order valence-corrected chi connectivity index (χ0v) is 32.8. The Morgan fingerprint density at radius 2 is 1.98 bits per heavy atom. The molecule has 0 saturated carbocycles. The lowest BCUT2D eigenvalue weighted by molar-refractivity contribution is -0.137. The number of nitrogens with zero attached hydrogens (tertiary/aromatic N) is 6. The largest absolute Gasteiger partial charge is 0.461 e. The topological polar surface area (TPSA) is 133 Å². The summed E-state index contributed by atoms with van der Waals surface area (Å²) in [6.07, 6.45) is -5.77. The summed E-state index contributed by atoms with van der Waals surface area (Å²) < 4.78 is 110. The van der Waals surface area contributed by atoms with Crippen LogP contribution in [-0.4, -0.2) is 101 Å². The van der Waals surface area contributed by atoms with Crippen molar-refractivity contribution < 1.29 is 50.1 Å². The molecule has 4 aromatic rings. The smallest absolute Gasteiger partial charge is 0.417 e. The molecule has 0 aliphatic carbocycles. The average molecular weight is 832 g/mol. The highest BCUT2D eigenvalue weighted by atomic mass is 32.1. The molecule has 0 radical (unpaired) electrons. The Bertz CT molecular complexity index is 2380. The maximum absolute atomic E-state index is 17.5. The van der Waals surface area contributed by atoms with E-state index in [0.29, 0.717) is 30.7 Å². The number of rotatable bonds is 8. The standard InChI is InChI=1S/C39H39F6N7O5S/c1-5-51(20-11-21-17-55-36(54)52(21)16-20)32-23-12-25(39(43,44)45)28(29(42)30(23)47-34(48-32)56-18-38-9-6-10-50(38)15-19(40)13-38)22-7-8-26(41)31-27(22)24(14-46)33(58-31)49-35(53)57-37(2,3)4/h7-8,12,19-21H,5-6,9-11,13,15-18H2,1-4H3,(H,49,53)/t19-,20+,21+,38+/m1/s1. The molecule has 58 heavy (non-hydrogen) atoms. The number of fused-ring (bicyclic) bond motifs is 4. The quantitative estimate of drug-likeness (QED) is 0.173. The molecule has 0 spiro atoms. The van der Waals surface area contributed by atoms with Crippen LogP contribution in [0.15, 0.2) is 18.2 Å². The Balaban J connectivity index is 1.32. The van der Waals surface area contributed by atoms with E-state index < -0.39 is 81.1 Å². The molecule has 2 aromatic heterocycles. The summed E-state index contributed by atoms with van der Waals surface area (Å²) >= 11 is 0.587. The predicted octanol–water partition coefficient (Wildman–Crippen LogP) is 8.40. The summed E-state index contributed by atoms with van der Waals surface area (Å²) in [5.41, 5.74) is -5.51. The van der Waals surface area contributed by atoms with Crippen LogP contribution in [0.5, 0.6) is 6.01 Å². The number of thiophene rings is 1. The van der Waals surface area contributed by atoms with Gasteiger partial charge in [0, 0.05) is 42.4 Å². The van der Waals surface area contributed by atoms with Crippen LogP contribution in [0.3, 0.4) is 0 Å². The molecule has 4 saturated heterocycles. The second kappa shape index (κ2) is 14.3. The predicted molar refractivity (Wildman–Crippen MR) is 202 cm³/mol. The molecular formula is C39H39F6N7O5S. The van der Waals surface area contributed by atoms with Gasteiger partial charge in [0.1, 0.15) is 53.2 Å². The van der Waals surface area contributed by atoms with Crippen molar-refractivity contribution in [1.29, 1.82) is 5.26 Å². The summed E-state index contributed by atoms with van der Waals surface area (Å²) in [7, 11) is 0. The van der Waals surface area contributed by atoms with Crippen LogP contribution in [0.1, 0.15) is 64.5 Å². The van der Waals surface area contributed by atoms with Crippen LogP contribution in [0.2, 0.25) is 0 Å². The SMILES string of the molecule is CCN(c1nc(OC[C@@]23CCCN2C[C@H](F)C3)nc2c(F)c(-c3ccc(F)c4sc(NC(=O)OC(C)(C)C)c(C#N)c34)c(C(F)(F)F)cc12)[C@H]1C[C@H]2COC(=O)N2C1. The molecule has 8 rings (SSSR count). The number of halogens is 6. The molecule has 0 bridgehead atoms. The molecule has 4 aliphatic heterocycles. The van der Waals surface area contributed by atoms with Crippen molar-refractivity contribution in [3.05, 3.63) is 41.0 Å². The molecule has 19 heteroatoms. The summed E-state index contributed by atoms with van der Waals surface area (Å²) in [6, 6.07) is 3.31. The minimum Gasteiger partial charge on any atom is -0.461 e. The minimum absolute atomic E-state index is 0.0584. The number of amides is 2. The number of aromatic nitrogens is 2. The lowest BCUT2D eigenvalue weighted by Gasteiger charge is -2.32. The van der Waals surface area contributed by atoms with Gasteiger partial charge < -0.3 is 19.1 Å². The fourth-order valence-corrected chi connectivity index (χ4v) is 9.98. The number of nitrogens with one attached hydrogen (secondary N) is 1. The first-order valence-corrected chi connectivity index (χ1v) is 19.7. The van der Waals surface area contributed by atoms with Gasteiger partial charge in [0.05, 0.1) is 33.4 Å². The first-order valence-electron chi connectivity index (χ1n) is 18.9. The van der Waals surface area contributed by atoms with E-state index in [9.17, 15) is 19.2 Å². The second-order valence-electron chi connectivity index (χ2n) is 16.1. The van der Waals surface area contributed by atoms with Gasteiger partial charge >= 0.3 is 24.4 Å².